The number of hydrogen-bond acceptors (Lipinski definition) is 15. The molecule has 0 heterocycles. The quantitative estimate of drug-likeness (QED) is 0.0222. The number of rotatable bonds is 66. The molecule has 3 N–H and O–H groups in total. The molecule has 0 saturated heterocycles. The van der Waals surface area contributed by atoms with Gasteiger partial charge in [-0.1, -0.05) is 286 Å². The van der Waals surface area contributed by atoms with Gasteiger partial charge in [0.25, 0.3) is 0 Å². The fourth-order valence-electron chi connectivity index (χ4n) is 10.1. The number of carbonyl (C=O) groups is 4. The first-order valence-corrected chi connectivity index (χ1v) is 38.0. The summed E-state index contributed by atoms with van der Waals surface area (Å²) in [5.74, 6) is -0.573. The summed E-state index contributed by atoms with van der Waals surface area (Å²) < 4.78 is 67.9. The van der Waals surface area contributed by atoms with Crippen LogP contribution in [0.1, 0.15) is 337 Å². The molecule has 0 aliphatic carbocycles. The van der Waals surface area contributed by atoms with Gasteiger partial charge in [0.05, 0.1) is 26.4 Å². The van der Waals surface area contributed by atoms with Crippen LogP contribution in [0.3, 0.4) is 0 Å². The zero-order valence-electron chi connectivity index (χ0n) is 55.6. The SMILES string of the molecule is CCCCCCCCCCCCC(=O)O[C@H](COC(=O)CCCCCCC)COP(=O)(O)OC[C@H](O)COP(=O)(O)OC[C@@H](COC(=O)CCCCCCCCCCCCCC(C)C)OC(=O)CCCCCCCCCCCCCCCCC(C)C. The van der Waals surface area contributed by atoms with Crippen LogP contribution in [0.4, 0.5) is 0 Å². The summed E-state index contributed by atoms with van der Waals surface area (Å²) in [6.07, 6.45) is 43.4. The lowest BCUT2D eigenvalue weighted by Gasteiger charge is -2.21. The summed E-state index contributed by atoms with van der Waals surface area (Å²) in [5, 5.41) is 10.5. The first-order valence-electron chi connectivity index (χ1n) is 35.0. The molecule has 0 spiro atoms. The van der Waals surface area contributed by atoms with Crippen molar-refractivity contribution in [3.05, 3.63) is 0 Å². The maximum absolute atomic E-state index is 13.0. The van der Waals surface area contributed by atoms with Crippen LogP contribution < -0.4 is 0 Å². The van der Waals surface area contributed by atoms with Crippen LogP contribution in [0.15, 0.2) is 0 Å². The third kappa shape index (κ3) is 60.9. The van der Waals surface area contributed by atoms with Crippen LogP contribution in [0.2, 0.25) is 0 Å². The Morgan fingerprint density at radius 1 is 0.314 bits per heavy atom. The smallest absolute Gasteiger partial charge is 0.462 e. The molecular formula is C67H130O17P2. The van der Waals surface area contributed by atoms with Crippen molar-refractivity contribution in [3.8, 4) is 0 Å². The van der Waals surface area contributed by atoms with Gasteiger partial charge in [-0.2, -0.15) is 0 Å². The van der Waals surface area contributed by atoms with Crippen molar-refractivity contribution in [2.75, 3.05) is 39.6 Å². The molecule has 86 heavy (non-hydrogen) atoms. The van der Waals surface area contributed by atoms with Crippen molar-refractivity contribution in [2.24, 2.45) is 11.8 Å². The summed E-state index contributed by atoms with van der Waals surface area (Å²) in [5.41, 5.74) is 0. The minimum Gasteiger partial charge on any atom is -0.462 e. The van der Waals surface area contributed by atoms with E-state index in [0.29, 0.717) is 25.7 Å². The second kappa shape index (κ2) is 59.4. The lowest BCUT2D eigenvalue weighted by molar-refractivity contribution is -0.161. The highest BCUT2D eigenvalue weighted by Gasteiger charge is 2.30. The Balaban J connectivity index is 5.16. The van der Waals surface area contributed by atoms with Gasteiger partial charge in [0, 0.05) is 25.7 Å². The highest BCUT2D eigenvalue weighted by Crippen LogP contribution is 2.45. The molecule has 0 saturated carbocycles. The molecular weight excluding hydrogens is 1140 g/mol. The molecule has 0 fully saturated rings. The monoisotopic (exact) mass is 1270 g/mol. The van der Waals surface area contributed by atoms with Gasteiger partial charge in [-0.25, -0.2) is 9.13 Å². The Morgan fingerprint density at radius 2 is 0.535 bits per heavy atom. The van der Waals surface area contributed by atoms with Crippen molar-refractivity contribution in [1.82, 2.24) is 0 Å². The fourth-order valence-corrected chi connectivity index (χ4v) is 11.6. The number of unbranched alkanes of at least 4 members (excludes halogenated alkanes) is 36. The molecule has 0 aromatic rings. The van der Waals surface area contributed by atoms with Gasteiger partial charge in [-0.15, -0.1) is 0 Å². The minimum absolute atomic E-state index is 0.105. The lowest BCUT2D eigenvalue weighted by atomic mass is 10.0. The molecule has 19 heteroatoms. The van der Waals surface area contributed by atoms with Gasteiger partial charge in [0.1, 0.15) is 19.3 Å². The highest BCUT2D eigenvalue weighted by atomic mass is 31.2. The Bertz CT molecular complexity index is 1680. The molecule has 5 atom stereocenters. The van der Waals surface area contributed by atoms with Crippen molar-refractivity contribution in [2.45, 2.75) is 355 Å². The first-order chi connectivity index (χ1) is 41.4. The molecule has 0 radical (unpaired) electrons. The zero-order chi connectivity index (χ0) is 63.6. The van der Waals surface area contributed by atoms with Crippen LogP contribution >= 0.6 is 15.6 Å². The van der Waals surface area contributed by atoms with Gasteiger partial charge in [0.2, 0.25) is 0 Å². The van der Waals surface area contributed by atoms with Crippen molar-refractivity contribution in [1.29, 1.82) is 0 Å². The summed E-state index contributed by atoms with van der Waals surface area (Å²) >= 11 is 0. The standard InChI is InChI=1S/C67H130O17P2/c1-7-9-11-13-14-15-27-33-39-45-51-66(71)83-62(55-77-64(69)49-43-35-12-10-8-2)57-81-85(73,74)79-53-61(68)54-80-86(75,76)82-58-63(56-78-65(70)50-44-38-32-28-24-20-22-26-31-37-42-48-60(5)6)84-67(72)52-46-40-34-29-23-19-17-16-18-21-25-30-36-41-47-59(3)4/h59-63,68H,7-58H2,1-6H3,(H,73,74)(H,75,76)/t61-,62+,63+/m0/s1. The van der Waals surface area contributed by atoms with Gasteiger partial charge in [-0.3, -0.25) is 37.3 Å². The molecule has 0 aromatic heterocycles. The van der Waals surface area contributed by atoms with Crippen molar-refractivity contribution in [3.63, 3.8) is 0 Å². The highest BCUT2D eigenvalue weighted by molar-refractivity contribution is 7.47. The molecule has 0 bridgehead atoms. The van der Waals surface area contributed by atoms with Gasteiger partial charge < -0.3 is 33.8 Å². The summed E-state index contributed by atoms with van der Waals surface area (Å²) in [6, 6.07) is 0. The van der Waals surface area contributed by atoms with E-state index in [0.717, 1.165) is 108 Å². The van der Waals surface area contributed by atoms with Gasteiger partial charge >= 0.3 is 39.5 Å². The lowest BCUT2D eigenvalue weighted by Crippen LogP contribution is -2.30. The molecule has 0 aliphatic rings. The molecule has 510 valence electrons. The zero-order valence-corrected chi connectivity index (χ0v) is 57.4. The third-order valence-corrected chi connectivity index (χ3v) is 17.4. The van der Waals surface area contributed by atoms with E-state index >= 15 is 0 Å². The maximum atomic E-state index is 13.0. The van der Waals surface area contributed by atoms with E-state index < -0.39 is 97.5 Å². The van der Waals surface area contributed by atoms with Gasteiger partial charge in [0.15, 0.2) is 12.2 Å². The second-order valence-electron chi connectivity index (χ2n) is 25.2. The van der Waals surface area contributed by atoms with Crippen LogP contribution in [0.5, 0.6) is 0 Å². The molecule has 17 nitrogen and oxygen atoms in total. The van der Waals surface area contributed by atoms with Gasteiger partial charge in [-0.05, 0) is 37.5 Å². The van der Waals surface area contributed by atoms with E-state index in [1.54, 1.807) is 0 Å². The number of esters is 4. The first kappa shape index (κ1) is 84.1. The van der Waals surface area contributed by atoms with E-state index in [4.69, 9.17) is 37.0 Å². The Labute approximate surface area is 524 Å². The van der Waals surface area contributed by atoms with E-state index in [2.05, 4.69) is 41.5 Å². The Hall–Kier alpha value is -1.94. The number of aliphatic hydroxyl groups excluding tert-OH is 1. The molecule has 0 amide bonds. The maximum Gasteiger partial charge on any atom is 0.472 e. The normalized spacial score (nSPS) is 14.2. The molecule has 2 unspecified atom stereocenters. The van der Waals surface area contributed by atoms with Crippen molar-refractivity contribution >= 4 is 39.5 Å². The van der Waals surface area contributed by atoms with Crippen LogP contribution in [0.25, 0.3) is 0 Å². The summed E-state index contributed by atoms with van der Waals surface area (Å²) in [6.45, 7) is 9.45. The predicted octanol–water partition coefficient (Wildman–Crippen LogP) is 18.8. The number of carbonyl (C=O) groups excluding carboxylic acids is 4. The Morgan fingerprint density at radius 3 is 0.791 bits per heavy atom. The van der Waals surface area contributed by atoms with E-state index in [1.807, 2.05) is 0 Å². The van der Waals surface area contributed by atoms with E-state index in [9.17, 15) is 43.2 Å². The number of aliphatic hydroxyl groups is 1. The van der Waals surface area contributed by atoms with E-state index in [-0.39, 0.29) is 25.7 Å². The topological polar surface area (TPSA) is 237 Å². The predicted molar refractivity (Wildman–Crippen MR) is 345 cm³/mol. The second-order valence-corrected chi connectivity index (χ2v) is 28.1. The molecule has 0 aromatic carbocycles. The number of phosphoric acid groups is 2. The molecule has 0 rings (SSSR count). The average Bonchev–Trinajstić information content (AvgIpc) is 3.65. The number of phosphoric ester groups is 2. The van der Waals surface area contributed by atoms with Crippen LogP contribution in [-0.2, 0) is 65.4 Å². The summed E-state index contributed by atoms with van der Waals surface area (Å²) in [7, 11) is -9.88. The fraction of sp³-hybridized carbons (Fsp3) is 0.940. The van der Waals surface area contributed by atoms with Crippen molar-refractivity contribution < 1.29 is 80.2 Å². The molecule has 0 aliphatic heterocycles. The largest absolute Gasteiger partial charge is 0.472 e. The van der Waals surface area contributed by atoms with Crippen LogP contribution in [-0.4, -0.2) is 96.7 Å². The number of ether oxygens (including phenoxy) is 4. The average molecular weight is 1270 g/mol. The summed E-state index contributed by atoms with van der Waals surface area (Å²) in [4.78, 5) is 72.1. The minimum atomic E-state index is -4.95. The number of hydrogen-bond donors (Lipinski definition) is 3. The van der Waals surface area contributed by atoms with Crippen LogP contribution in [0, 0.1) is 11.8 Å². The third-order valence-electron chi connectivity index (χ3n) is 15.5. The van der Waals surface area contributed by atoms with E-state index in [1.165, 1.54) is 148 Å². The Kier molecular flexibility index (Phi) is 58.0.